The van der Waals surface area contributed by atoms with Crippen molar-refractivity contribution in [3.05, 3.63) is 53.6 Å². The molecule has 0 aliphatic rings. The van der Waals surface area contributed by atoms with Crippen molar-refractivity contribution < 1.29 is 4.79 Å². The molecule has 0 radical (unpaired) electrons. The SMILES string of the molecule is Cc1ccccc1N=Nc1ccc(NC(=S)N[C@H](NC(=O)C(C)C)C(Cl)(Cl)Cl)c(C)c1. The molecule has 2 aromatic carbocycles. The van der Waals surface area contributed by atoms with Gasteiger partial charge in [0.1, 0.15) is 6.17 Å². The average molecular weight is 501 g/mol. The molecule has 0 aliphatic heterocycles. The quantitative estimate of drug-likeness (QED) is 0.184. The predicted molar refractivity (Wildman–Crippen MR) is 133 cm³/mol. The van der Waals surface area contributed by atoms with E-state index in [4.69, 9.17) is 47.0 Å². The Morgan fingerprint density at radius 3 is 2.26 bits per heavy atom. The Kier molecular flexibility index (Phi) is 9.06. The summed E-state index contributed by atoms with van der Waals surface area (Å²) in [4.78, 5) is 12.0. The molecule has 0 heterocycles. The summed E-state index contributed by atoms with van der Waals surface area (Å²) in [6.45, 7) is 7.37. The van der Waals surface area contributed by atoms with E-state index in [0.717, 1.165) is 22.5 Å². The molecule has 0 saturated carbocycles. The van der Waals surface area contributed by atoms with Crippen molar-refractivity contribution in [2.45, 2.75) is 37.7 Å². The standard InChI is InChI=1S/C21H24Cl3N5OS/c1-12(2)18(30)26-19(21(22,23)24)27-20(31)25-16-10-9-15(11-14(16)4)28-29-17-8-6-5-7-13(17)3/h5-12,19H,1-4H3,(H,26,30)(H2,25,27,31)/t19-/m0/s1. The molecular weight excluding hydrogens is 477 g/mol. The van der Waals surface area contributed by atoms with Crippen LogP contribution in [0.5, 0.6) is 0 Å². The third-order valence-electron chi connectivity index (χ3n) is 4.26. The lowest BCUT2D eigenvalue weighted by atomic mass is 10.2. The van der Waals surface area contributed by atoms with Crippen LogP contribution in [0.15, 0.2) is 52.7 Å². The van der Waals surface area contributed by atoms with Crippen LogP contribution < -0.4 is 16.0 Å². The van der Waals surface area contributed by atoms with Gasteiger partial charge in [0, 0.05) is 11.6 Å². The number of nitrogens with one attached hydrogen (secondary N) is 3. The highest BCUT2D eigenvalue weighted by Crippen LogP contribution is 2.30. The third kappa shape index (κ3) is 7.92. The molecule has 6 nitrogen and oxygen atoms in total. The Morgan fingerprint density at radius 1 is 1.00 bits per heavy atom. The average Bonchev–Trinajstić information content (AvgIpc) is 2.68. The van der Waals surface area contributed by atoms with Crippen molar-refractivity contribution in [3.8, 4) is 0 Å². The minimum atomic E-state index is -1.80. The van der Waals surface area contributed by atoms with Crippen molar-refractivity contribution in [1.82, 2.24) is 10.6 Å². The second-order valence-electron chi connectivity index (χ2n) is 7.22. The van der Waals surface area contributed by atoms with E-state index in [2.05, 4.69) is 26.2 Å². The second-order valence-corrected chi connectivity index (χ2v) is 10.00. The summed E-state index contributed by atoms with van der Waals surface area (Å²) in [5.41, 5.74) is 4.20. The van der Waals surface area contributed by atoms with Gasteiger partial charge in [-0.3, -0.25) is 4.79 Å². The van der Waals surface area contributed by atoms with Gasteiger partial charge in [0.25, 0.3) is 0 Å². The molecule has 10 heteroatoms. The molecule has 1 amide bonds. The Balaban J connectivity index is 2.07. The van der Waals surface area contributed by atoms with Gasteiger partial charge in [-0.15, -0.1) is 0 Å². The molecule has 0 spiro atoms. The number of anilines is 1. The summed E-state index contributed by atoms with van der Waals surface area (Å²) < 4.78 is -1.80. The molecular formula is C21H24Cl3N5OS. The highest BCUT2D eigenvalue weighted by molar-refractivity contribution is 7.80. The number of amides is 1. The molecule has 0 fully saturated rings. The minimum Gasteiger partial charge on any atom is -0.339 e. The number of thiocarbonyl (C=S) groups is 1. The lowest BCUT2D eigenvalue weighted by molar-refractivity contribution is -0.124. The number of carbonyl (C=O) groups excluding carboxylic acids is 1. The molecule has 0 aromatic heterocycles. The Bertz CT molecular complexity index is 976. The zero-order chi connectivity index (χ0) is 23.2. The van der Waals surface area contributed by atoms with Crippen LogP contribution in [0.4, 0.5) is 17.1 Å². The molecule has 0 bridgehead atoms. The number of alkyl halides is 3. The summed E-state index contributed by atoms with van der Waals surface area (Å²) in [6, 6.07) is 13.3. The van der Waals surface area contributed by atoms with E-state index in [0.29, 0.717) is 5.69 Å². The van der Waals surface area contributed by atoms with E-state index in [1.54, 1.807) is 13.8 Å². The molecule has 0 unspecified atom stereocenters. The molecule has 1 atom stereocenters. The van der Waals surface area contributed by atoms with Crippen molar-refractivity contribution in [2.24, 2.45) is 16.1 Å². The second kappa shape index (κ2) is 11.1. The van der Waals surface area contributed by atoms with Crippen LogP contribution in [-0.4, -0.2) is 21.0 Å². The zero-order valence-electron chi connectivity index (χ0n) is 17.5. The minimum absolute atomic E-state index is 0.192. The number of carbonyl (C=O) groups is 1. The summed E-state index contributed by atoms with van der Waals surface area (Å²) in [5, 5.41) is 17.3. The molecule has 0 saturated heterocycles. The smallest absolute Gasteiger partial charge is 0.228 e. The van der Waals surface area contributed by atoms with E-state index in [1.165, 1.54) is 0 Å². The first-order valence-corrected chi connectivity index (χ1v) is 11.0. The monoisotopic (exact) mass is 499 g/mol. The fourth-order valence-corrected chi connectivity index (χ4v) is 2.99. The van der Waals surface area contributed by atoms with Crippen LogP contribution in [-0.2, 0) is 4.79 Å². The molecule has 166 valence electrons. The Hall–Kier alpha value is -1.93. The van der Waals surface area contributed by atoms with E-state index < -0.39 is 9.96 Å². The lowest BCUT2D eigenvalue weighted by Crippen LogP contribution is -2.56. The fourth-order valence-electron chi connectivity index (χ4n) is 2.44. The van der Waals surface area contributed by atoms with E-state index in [9.17, 15) is 4.79 Å². The number of aryl methyl sites for hydroxylation is 2. The van der Waals surface area contributed by atoms with Crippen LogP contribution in [0.25, 0.3) is 0 Å². The molecule has 3 N–H and O–H groups in total. The molecule has 31 heavy (non-hydrogen) atoms. The van der Waals surface area contributed by atoms with Crippen molar-refractivity contribution >= 4 is 75.1 Å². The number of hydrogen-bond acceptors (Lipinski definition) is 4. The van der Waals surface area contributed by atoms with Gasteiger partial charge in [-0.05, 0) is 61.5 Å². The van der Waals surface area contributed by atoms with E-state index in [1.807, 2.05) is 56.3 Å². The van der Waals surface area contributed by atoms with Gasteiger partial charge in [0.2, 0.25) is 9.70 Å². The van der Waals surface area contributed by atoms with Crippen LogP contribution in [0, 0.1) is 19.8 Å². The maximum Gasteiger partial charge on any atom is 0.228 e. The summed E-state index contributed by atoms with van der Waals surface area (Å²) >= 11 is 23.3. The van der Waals surface area contributed by atoms with Crippen LogP contribution in [0.3, 0.4) is 0 Å². The topological polar surface area (TPSA) is 77.9 Å². The normalized spacial score (nSPS) is 12.6. The largest absolute Gasteiger partial charge is 0.339 e. The van der Waals surface area contributed by atoms with Gasteiger partial charge in [0.05, 0.1) is 11.4 Å². The number of nitrogens with zero attached hydrogens (tertiary/aromatic N) is 2. The van der Waals surface area contributed by atoms with Crippen molar-refractivity contribution in [1.29, 1.82) is 0 Å². The third-order valence-corrected chi connectivity index (χ3v) is 5.14. The van der Waals surface area contributed by atoms with Gasteiger partial charge >= 0.3 is 0 Å². The number of azo groups is 1. The van der Waals surface area contributed by atoms with Gasteiger partial charge in [-0.2, -0.15) is 10.2 Å². The highest BCUT2D eigenvalue weighted by Gasteiger charge is 2.35. The number of benzene rings is 2. The first kappa shape index (κ1) is 25.3. The zero-order valence-corrected chi connectivity index (χ0v) is 20.6. The fraction of sp³-hybridized carbons (Fsp3) is 0.333. The van der Waals surface area contributed by atoms with Gasteiger partial charge in [-0.25, -0.2) is 0 Å². The number of halogens is 3. The molecule has 2 rings (SSSR count). The summed E-state index contributed by atoms with van der Waals surface area (Å²) in [6.07, 6.45) is -1.00. The van der Waals surface area contributed by atoms with E-state index >= 15 is 0 Å². The van der Waals surface area contributed by atoms with Crippen LogP contribution in [0.2, 0.25) is 0 Å². The Labute approximate surface area is 202 Å². The predicted octanol–water partition coefficient (Wildman–Crippen LogP) is 6.47. The van der Waals surface area contributed by atoms with Crippen LogP contribution >= 0.6 is 47.0 Å². The maximum absolute atomic E-state index is 12.0. The molecule has 2 aromatic rings. The first-order valence-electron chi connectivity index (χ1n) is 9.50. The highest BCUT2D eigenvalue weighted by atomic mass is 35.6. The lowest BCUT2D eigenvalue weighted by Gasteiger charge is -2.28. The van der Waals surface area contributed by atoms with Crippen molar-refractivity contribution in [3.63, 3.8) is 0 Å². The molecule has 0 aliphatic carbocycles. The van der Waals surface area contributed by atoms with Gasteiger partial charge < -0.3 is 16.0 Å². The first-order chi connectivity index (χ1) is 14.5. The maximum atomic E-state index is 12.0. The Morgan fingerprint density at radius 2 is 1.68 bits per heavy atom. The van der Waals surface area contributed by atoms with Gasteiger partial charge in [0.15, 0.2) is 5.11 Å². The number of hydrogen-bond donors (Lipinski definition) is 3. The van der Waals surface area contributed by atoms with Crippen molar-refractivity contribution in [2.75, 3.05) is 5.32 Å². The summed E-state index contributed by atoms with van der Waals surface area (Å²) in [7, 11) is 0. The van der Waals surface area contributed by atoms with E-state index in [-0.39, 0.29) is 16.9 Å². The van der Waals surface area contributed by atoms with Crippen LogP contribution in [0.1, 0.15) is 25.0 Å². The number of rotatable bonds is 6. The summed E-state index contributed by atoms with van der Waals surface area (Å²) in [5.74, 6) is -0.548. The van der Waals surface area contributed by atoms with Gasteiger partial charge in [-0.1, -0.05) is 66.8 Å².